The van der Waals surface area contributed by atoms with E-state index in [-0.39, 0.29) is 12.1 Å². The number of nitrogens with two attached hydrogens (primary N) is 1. The molecule has 2 rings (SSSR count). The number of aliphatic imine (C=N–C) groups is 1. The standard InChI is InChI=1S/C18H20F2N4O/c1-2-22-18(24-11-14-9-15(19)7-8-16(14)20)23-10-12-3-5-13(6-4-12)17(21)25/h3-9H,2,10-11H2,1H3,(H2,21,25)(H2,22,23,24). The summed E-state index contributed by atoms with van der Waals surface area (Å²) in [5.74, 6) is -0.978. The molecule has 0 heterocycles. The highest BCUT2D eigenvalue weighted by Gasteiger charge is 2.05. The van der Waals surface area contributed by atoms with Crippen molar-refractivity contribution < 1.29 is 13.6 Å². The van der Waals surface area contributed by atoms with Gasteiger partial charge in [0.2, 0.25) is 5.91 Å². The van der Waals surface area contributed by atoms with Gasteiger partial charge in [-0.25, -0.2) is 13.8 Å². The lowest BCUT2D eigenvalue weighted by Gasteiger charge is -2.12. The number of carbonyl (C=O) groups is 1. The van der Waals surface area contributed by atoms with Crippen LogP contribution < -0.4 is 16.4 Å². The maximum absolute atomic E-state index is 13.7. The van der Waals surface area contributed by atoms with Crippen LogP contribution in [0, 0.1) is 11.6 Å². The molecule has 0 saturated carbocycles. The van der Waals surface area contributed by atoms with E-state index in [4.69, 9.17) is 5.73 Å². The van der Waals surface area contributed by atoms with Crippen LogP contribution in [0.2, 0.25) is 0 Å². The van der Waals surface area contributed by atoms with Crippen molar-refractivity contribution in [2.75, 3.05) is 6.54 Å². The lowest BCUT2D eigenvalue weighted by Crippen LogP contribution is -2.37. The number of hydrogen-bond acceptors (Lipinski definition) is 2. The van der Waals surface area contributed by atoms with E-state index in [9.17, 15) is 13.6 Å². The molecule has 0 radical (unpaired) electrons. The summed E-state index contributed by atoms with van der Waals surface area (Å²) in [4.78, 5) is 15.4. The third-order valence-electron chi connectivity index (χ3n) is 3.46. The lowest BCUT2D eigenvalue weighted by molar-refractivity contribution is 0.100. The van der Waals surface area contributed by atoms with Gasteiger partial charge in [0.25, 0.3) is 0 Å². The first-order valence-electron chi connectivity index (χ1n) is 7.84. The molecule has 0 fully saturated rings. The second-order valence-corrected chi connectivity index (χ2v) is 5.35. The van der Waals surface area contributed by atoms with E-state index in [1.54, 1.807) is 24.3 Å². The number of halogens is 2. The van der Waals surface area contributed by atoms with Gasteiger partial charge in [-0.1, -0.05) is 12.1 Å². The Labute approximate surface area is 145 Å². The van der Waals surface area contributed by atoms with Crippen molar-refractivity contribution >= 4 is 11.9 Å². The zero-order valence-electron chi connectivity index (χ0n) is 13.9. The molecule has 2 aromatic rings. The van der Waals surface area contributed by atoms with Gasteiger partial charge in [0.05, 0.1) is 6.54 Å². The Bertz CT molecular complexity index is 760. The number of guanidine groups is 1. The van der Waals surface area contributed by atoms with E-state index in [1.165, 1.54) is 0 Å². The molecule has 25 heavy (non-hydrogen) atoms. The molecule has 0 aliphatic heterocycles. The van der Waals surface area contributed by atoms with Crippen molar-refractivity contribution in [3.05, 3.63) is 70.8 Å². The topological polar surface area (TPSA) is 79.5 Å². The molecular formula is C18H20F2N4O. The Morgan fingerprint density at radius 1 is 1.12 bits per heavy atom. The van der Waals surface area contributed by atoms with Crippen molar-refractivity contribution in [1.29, 1.82) is 0 Å². The fourth-order valence-electron chi connectivity index (χ4n) is 2.14. The number of amides is 1. The Kier molecular flexibility index (Phi) is 6.45. The van der Waals surface area contributed by atoms with Crippen LogP contribution >= 0.6 is 0 Å². The number of nitrogens with one attached hydrogen (secondary N) is 2. The molecule has 4 N–H and O–H groups in total. The summed E-state index contributed by atoms with van der Waals surface area (Å²) in [6.07, 6.45) is 0. The monoisotopic (exact) mass is 346 g/mol. The minimum absolute atomic E-state index is 0.107. The normalized spacial score (nSPS) is 11.2. The first kappa shape index (κ1) is 18.4. The first-order valence-corrected chi connectivity index (χ1v) is 7.84. The molecule has 1 amide bonds. The van der Waals surface area contributed by atoms with Crippen LogP contribution in [0.15, 0.2) is 47.5 Å². The van der Waals surface area contributed by atoms with E-state index in [0.29, 0.717) is 24.6 Å². The summed E-state index contributed by atoms with van der Waals surface area (Å²) in [5.41, 5.74) is 6.74. The average molecular weight is 346 g/mol. The van der Waals surface area contributed by atoms with E-state index in [0.717, 1.165) is 23.8 Å². The Morgan fingerprint density at radius 2 is 1.84 bits per heavy atom. The average Bonchev–Trinajstić information content (AvgIpc) is 2.60. The lowest BCUT2D eigenvalue weighted by atomic mass is 10.1. The van der Waals surface area contributed by atoms with Gasteiger partial charge in [-0.3, -0.25) is 4.79 Å². The summed E-state index contributed by atoms with van der Waals surface area (Å²) in [6, 6.07) is 10.1. The molecule has 2 aromatic carbocycles. The van der Waals surface area contributed by atoms with Crippen molar-refractivity contribution in [1.82, 2.24) is 10.6 Å². The van der Waals surface area contributed by atoms with Crippen LogP contribution in [0.1, 0.15) is 28.4 Å². The van der Waals surface area contributed by atoms with Crippen molar-refractivity contribution in [3.8, 4) is 0 Å². The van der Waals surface area contributed by atoms with Crippen LogP contribution in [-0.4, -0.2) is 18.4 Å². The molecule has 0 atom stereocenters. The number of nitrogens with zero attached hydrogens (tertiary/aromatic N) is 1. The molecule has 132 valence electrons. The Hall–Kier alpha value is -2.96. The third-order valence-corrected chi connectivity index (χ3v) is 3.46. The summed E-state index contributed by atoms with van der Waals surface area (Å²) in [7, 11) is 0. The zero-order valence-corrected chi connectivity index (χ0v) is 13.9. The molecule has 0 aliphatic carbocycles. The Balaban J connectivity index is 2.02. The number of benzene rings is 2. The van der Waals surface area contributed by atoms with E-state index >= 15 is 0 Å². The van der Waals surface area contributed by atoms with Crippen LogP contribution in [0.25, 0.3) is 0 Å². The quantitative estimate of drug-likeness (QED) is 0.555. The third kappa shape index (κ3) is 5.56. The highest BCUT2D eigenvalue weighted by molar-refractivity contribution is 5.92. The molecule has 0 bridgehead atoms. The van der Waals surface area contributed by atoms with Gasteiger partial charge in [0.1, 0.15) is 11.6 Å². The predicted octanol–water partition coefficient (Wildman–Crippen LogP) is 2.32. The van der Waals surface area contributed by atoms with Crippen LogP contribution in [0.3, 0.4) is 0 Å². The Morgan fingerprint density at radius 3 is 2.48 bits per heavy atom. The molecule has 0 saturated heterocycles. The first-order chi connectivity index (χ1) is 12.0. The number of carbonyl (C=O) groups excluding carboxylic acids is 1. The molecule has 0 aromatic heterocycles. The largest absolute Gasteiger partial charge is 0.366 e. The van der Waals surface area contributed by atoms with E-state index in [2.05, 4.69) is 15.6 Å². The highest BCUT2D eigenvalue weighted by atomic mass is 19.1. The predicted molar refractivity (Wildman–Crippen MR) is 93.0 cm³/mol. The molecule has 0 unspecified atom stereocenters. The second kappa shape index (κ2) is 8.77. The van der Waals surface area contributed by atoms with E-state index < -0.39 is 17.5 Å². The van der Waals surface area contributed by atoms with Crippen molar-refractivity contribution in [2.24, 2.45) is 10.7 Å². The zero-order chi connectivity index (χ0) is 18.2. The van der Waals surface area contributed by atoms with Crippen molar-refractivity contribution in [2.45, 2.75) is 20.0 Å². The number of primary amides is 1. The molecule has 7 heteroatoms. The van der Waals surface area contributed by atoms with Crippen LogP contribution in [0.4, 0.5) is 8.78 Å². The molecule has 0 aliphatic rings. The summed E-state index contributed by atoms with van der Waals surface area (Å²) in [5, 5.41) is 6.00. The van der Waals surface area contributed by atoms with Gasteiger partial charge in [-0.15, -0.1) is 0 Å². The summed E-state index contributed by atoms with van der Waals surface area (Å²) in [6.45, 7) is 3.00. The van der Waals surface area contributed by atoms with Crippen LogP contribution in [-0.2, 0) is 13.1 Å². The molecule has 0 spiro atoms. The maximum atomic E-state index is 13.7. The van der Waals surface area contributed by atoms with E-state index in [1.807, 2.05) is 6.92 Å². The van der Waals surface area contributed by atoms with Gasteiger partial charge in [-0.05, 0) is 42.8 Å². The summed E-state index contributed by atoms with van der Waals surface area (Å²) < 4.78 is 26.9. The molecular weight excluding hydrogens is 326 g/mol. The highest BCUT2D eigenvalue weighted by Crippen LogP contribution is 2.09. The maximum Gasteiger partial charge on any atom is 0.248 e. The smallest absolute Gasteiger partial charge is 0.248 e. The van der Waals surface area contributed by atoms with Gasteiger partial charge >= 0.3 is 0 Å². The number of rotatable bonds is 6. The van der Waals surface area contributed by atoms with Gasteiger partial charge < -0.3 is 16.4 Å². The minimum atomic E-state index is -0.491. The van der Waals surface area contributed by atoms with Gasteiger partial charge in [-0.2, -0.15) is 0 Å². The fraction of sp³-hybridized carbons (Fsp3) is 0.222. The van der Waals surface area contributed by atoms with Crippen molar-refractivity contribution in [3.63, 3.8) is 0 Å². The van der Waals surface area contributed by atoms with Gasteiger partial charge in [0, 0.05) is 24.2 Å². The second-order valence-electron chi connectivity index (χ2n) is 5.35. The fourth-order valence-corrected chi connectivity index (χ4v) is 2.14. The SMILES string of the molecule is CCNC(=NCc1ccc(C(N)=O)cc1)NCc1cc(F)ccc1F. The van der Waals surface area contributed by atoms with Gasteiger partial charge in [0.15, 0.2) is 5.96 Å². The summed E-state index contributed by atoms with van der Waals surface area (Å²) >= 11 is 0. The molecule has 5 nitrogen and oxygen atoms in total. The number of hydrogen-bond donors (Lipinski definition) is 3. The van der Waals surface area contributed by atoms with Crippen LogP contribution in [0.5, 0.6) is 0 Å². The minimum Gasteiger partial charge on any atom is -0.366 e.